The molecule has 0 aliphatic rings. The Morgan fingerprint density at radius 3 is 2.52 bits per heavy atom. The van der Waals surface area contributed by atoms with Gasteiger partial charge >= 0.3 is 0 Å². The maximum absolute atomic E-state index is 12.1. The summed E-state index contributed by atoms with van der Waals surface area (Å²) in [5.74, 6) is 0.313. The van der Waals surface area contributed by atoms with E-state index in [9.17, 15) is 4.79 Å². The monoisotopic (exact) mass is 323 g/mol. The minimum atomic E-state index is -0.286. The molecule has 110 valence electrons. The van der Waals surface area contributed by atoms with Gasteiger partial charge in [-0.15, -0.1) is 0 Å². The maximum atomic E-state index is 12.1. The van der Waals surface area contributed by atoms with Crippen molar-refractivity contribution in [3.8, 4) is 0 Å². The van der Waals surface area contributed by atoms with Gasteiger partial charge in [-0.25, -0.2) is 4.98 Å². The van der Waals surface area contributed by atoms with Crippen LogP contribution in [0.2, 0.25) is 10.0 Å². The van der Waals surface area contributed by atoms with Crippen LogP contribution in [0.15, 0.2) is 36.4 Å². The standard InChI is InChI=1S/C15H15Cl2N3O/c1-18-13-7-6-12(17)14(20-13)15(21)19-9-8-10-2-4-11(16)5-3-10/h2-7H,8-9H2,1H3,(H,18,20)(H,19,21). The Bertz CT molecular complexity index is 629. The van der Waals surface area contributed by atoms with Crippen molar-refractivity contribution in [3.63, 3.8) is 0 Å². The molecule has 6 heteroatoms. The number of aromatic nitrogens is 1. The molecule has 0 bridgehead atoms. The molecule has 0 atom stereocenters. The van der Waals surface area contributed by atoms with E-state index in [-0.39, 0.29) is 11.6 Å². The quantitative estimate of drug-likeness (QED) is 0.886. The molecule has 0 aliphatic carbocycles. The Morgan fingerprint density at radius 1 is 1.14 bits per heavy atom. The molecule has 0 fully saturated rings. The van der Waals surface area contributed by atoms with Gasteiger partial charge in [0, 0.05) is 18.6 Å². The van der Waals surface area contributed by atoms with E-state index in [1.807, 2.05) is 24.3 Å². The van der Waals surface area contributed by atoms with Crippen LogP contribution in [0.3, 0.4) is 0 Å². The van der Waals surface area contributed by atoms with E-state index >= 15 is 0 Å². The molecule has 0 aliphatic heterocycles. The number of rotatable bonds is 5. The first-order valence-corrected chi connectivity index (χ1v) is 7.22. The third-order valence-electron chi connectivity index (χ3n) is 2.93. The van der Waals surface area contributed by atoms with Gasteiger partial charge in [0.1, 0.15) is 11.5 Å². The van der Waals surface area contributed by atoms with Crippen LogP contribution in [0, 0.1) is 0 Å². The molecule has 0 radical (unpaired) electrons. The second-order valence-corrected chi connectivity index (χ2v) is 5.25. The van der Waals surface area contributed by atoms with E-state index in [2.05, 4.69) is 15.6 Å². The molecule has 0 unspecified atom stereocenters. The van der Waals surface area contributed by atoms with Crippen LogP contribution in [-0.2, 0) is 6.42 Å². The number of pyridine rings is 1. The van der Waals surface area contributed by atoms with Crippen LogP contribution in [0.4, 0.5) is 5.82 Å². The molecule has 0 saturated heterocycles. The first-order chi connectivity index (χ1) is 10.1. The molecular formula is C15H15Cl2N3O. The van der Waals surface area contributed by atoms with Gasteiger partial charge in [0.25, 0.3) is 5.91 Å². The highest BCUT2D eigenvalue weighted by molar-refractivity contribution is 6.33. The number of nitrogens with one attached hydrogen (secondary N) is 2. The van der Waals surface area contributed by atoms with E-state index in [1.165, 1.54) is 0 Å². The molecule has 1 aromatic heterocycles. The van der Waals surface area contributed by atoms with Crippen LogP contribution in [0.1, 0.15) is 16.1 Å². The Hall–Kier alpha value is -1.78. The van der Waals surface area contributed by atoms with Crippen LogP contribution in [-0.4, -0.2) is 24.5 Å². The molecule has 0 saturated carbocycles. The number of benzene rings is 1. The Balaban J connectivity index is 1.94. The minimum absolute atomic E-state index is 0.222. The van der Waals surface area contributed by atoms with Crippen LogP contribution >= 0.6 is 23.2 Å². The maximum Gasteiger partial charge on any atom is 0.271 e. The lowest BCUT2D eigenvalue weighted by Crippen LogP contribution is -2.27. The van der Waals surface area contributed by atoms with Crippen LogP contribution in [0.5, 0.6) is 0 Å². The van der Waals surface area contributed by atoms with Crippen molar-refractivity contribution in [2.45, 2.75) is 6.42 Å². The molecule has 2 rings (SSSR count). The largest absolute Gasteiger partial charge is 0.373 e. The van der Waals surface area contributed by atoms with Gasteiger partial charge in [0.15, 0.2) is 0 Å². The molecule has 1 amide bonds. The minimum Gasteiger partial charge on any atom is -0.373 e. The lowest BCUT2D eigenvalue weighted by Gasteiger charge is -2.08. The third kappa shape index (κ3) is 4.34. The molecule has 1 aromatic carbocycles. The second kappa shape index (κ2) is 7.29. The fraction of sp³-hybridized carbons (Fsp3) is 0.200. The summed E-state index contributed by atoms with van der Waals surface area (Å²) in [6.07, 6.45) is 0.715. The van der Waals surface area contributed by atoms with Crippen molar-refractivity contribution in [1.29, 1.82) is 0 Å². The SMILES string of the molecule is CNc1ccc(Cl)c(C(=O)NCCc2ccc(Cl)cc2)n1. The lowest BCUT2D eigenvalue weighted by molar-refractivity contribution is 0.0949. The van der Waals surface area contributed by atoms with Crippen molar-refractivity contribution in [1.82, 2.24) is 10.3 Å². The fourth-order valence-electron chi connectivity index (χ4n) is 1.80. The highest BCUT2D eigenvalue weighted by Gasteiger charge is 2.12. The molecule has 2 aromatic rings. The van der Waals surface area contributed by atoms with E-state index in [1.54, 1.807) is 19.2 Å². The number of carbonyl (C=O) groups excluding carboxylic acids is 1. The number of halogens is 2. The molecular weight excluding hydrogens is 309 g/mol. The van der Waals surface area contributed by atoms with E-state index in [0.29, 0.717) is 28.8 Å². The summed E-state index contributed by atoms with van der Waals surface area (Å²) in [6, 6.07) is 10.9. The van der Waals surface area contributed by atoms with Gasteiger partial charge in [-0.05, 0) is 36.2 Å². The van der Waals surface area contributed by atoms with E-state index in [4.69, 9.17) is 23.2 Å². The zero-order valence-corrected chi connectivity index (χ0v) is 13.0. The zero-order chi connectivity index (χ0) is 15.2. The summed E-state index contributed by atoms with van der Waals surface area (Å²) >= 11 is 11.8. The summed E-state index contributed by atoms with van der Waals surface area (Å²) in [4.78, 5) is 16.2. The Labute approximate surface area is 133 Å². The van der Waals surface area contributed by atoms with Gasteiger partial charge in [-0.3, -0.25) is 4.79 Å². The van der Waals surface area contributed by atoms with Crippen molar-refractivity contribution >= 4 is 34.9 Å². The summed E-state index contributed by atoms with van der Waals surface area (Å²) in [7, 11) is 1.73. The van der Waals surface area contributed by atoms with Gasteiger partial charge < -0.3 is 10.6 Å². The predicted molar refractivity (Wildman–Crippen MR) is 86.3 cm³/mol. The number of carbonyl (C=O) groups is 1. The number of amides is 1. The van der Waals surface area contributed by atoms with E-state index < -0.39 is 0 Å². The predicted octanol–water partition coefficient (Wildman–Crippen LogP) is 3.40. The molecule has 21 heavy (non-hydrogen) atoms. The number of hydrogen-bond donors (Lipinski definition) is 2. The Kier molecular flexibility index (Phi) is 5.42. The smallest absolute Gasteiger partial charge is 0.271 e. The molecule has 1 heterocycles. The highest BCUT2D eigenvalue weighted by atomic mass is 35.5. The average molecular weight is 324 g/mol. The van der Waals surface area contributed by atoms with Crippen LogP contribution in [0.25, 0.3) is 0 Å². The summed E-state index contributed by atoms with van der Waals surface area (Å²) in [5.41, 5.74) is 1.32. The van der Waals surface area contributed by atoms with Crippen molar-refractivity contribution in [2.75, 3.05) is 18.9 Å². The van der Waals surface area contributed by atoms with E-state index in [0.717, 1.165) is 5.56 Å². The summed E-state index contributed by atoms with van der Waals surface area (Å²) in [6.45, 7) is 0.502. The van der Waals surface area contributed by atoms with Crippen LogP contribution < -0.4 is 10.6 Å². The second-order valence-electron chi connectivity index (χ2n) is 4.41. The average Bonchev–Trinajstić information content (AvgIpc) is 2.49. The zero-order valence-electron chi connectivity index (χ0n) is 11.5. The Morgan fingerprint density at radius 2 is 1.86 bits per heavy atom. The van der Waals surface area contributed by atoms with Crippen molar-refractivity contribution < 1.29 is 4.79 Å². The first kappa shape index (κ1) is 15.6. The third-order valence-corrected chi connectivity index (χ3v) is 3.49. The van der Waals surface area contributed by atoms with Gasteiger partial charge in [0.2, 0.25) is 0 Å². The molecule has 4 nitrogen and oxygen atoms in total. The molecule has 0 spiro atoms. The normalized spacial score (nSPS) is 10.2. The van der Waals surface area contributed by atoms with Gasteiger partial charge in [-0.1, -0.05) is 35.3 Å². The van der Waals surface area contributed by atoms with Gasteiger partial charge in [-0.2, -0.15) is 0 Å². The number of hydrogen-bond acceptors (Lipinski definition) is 3. The first-order valence-electron chi connectivity index (χ1n) is 6.47. The topological polar surface area (TPSA) is 54.0 Å². The number of nitrogens with zero attached hydrogens (tertiary/aromatic N) is 1. The fourth-order valence-corrected chi connectivity index (χ4v) is 2.11. The summed E-state index contributed by atoms with van der Waals surface area (Å²) < 4.78 is 0. The summed E-state index contributed by atoms with van der Waals surface area (Å²) in [5, 5.41) is 6.71. The van der Waals surface area contributed by atoms with Crippen molar-refractivity contribution in [2.24, 2.45) is 0 Å². The molecule has 2 N–H and O–H groups in total. The van der Waals surface area contributed by atoms with Gasteiger partial charge in [0.05, 0.1) is 5.02 Å². The number of anilines is 1. The lowest BCUT2D eigenvalue weighted by atomic mass is 10.1. The highest BCUT2D eigenvalue weighted by Crippen LogP contribution is 2.16. The van der Waals surface area contributed by atoms with Crippen molar-refractivity contribution in [3.05, 3.63) is 57.7 Å².